The zero-order valence-corrected chi connectivity index (χ0v) is 37.2. The van der Waals surface area contributed by atoms with E-state index in [4.69, 9.17) is 8.83 Å². The lowest BCUT2D eigenvalue weighted by Crippen LogP contribution is -2.17. The van der Waals surface area contributed by atoms with Crippen LogP contribution in [0.1, 0.15) is 75.5 Å². The lowest BCUT2D eigenvalue weighted by molar-refractivity contribution is 0.667. The van der Waals surface area contributed by atoms with Crippen molar-refractivity contribution in [1.29, 1.82) is 0 Å². The van der Waals surface area contributed by atoms with Crippen LogP contribution in [0.25, 0.3) is 87.7 Å². The fourth-order valence-corrected chi connectivity index (χ4v) is 9.18. The third-order valence-electron chi connectivity index (χ3n) is 12.4. The Hall–Kier alpha value is -7.88. The van der Waals surface area contributed by atoms with Gasteiger partial charge in [0.1, 0.15) is 22.3 Å². The van der Waals surface area contributed by atoms with Gasteiger partial charge in [0.25, 0.3) is 0 Å². The van der Waals surface area contributed by atoms with E-state index >= 15 is 0 Å². The lowest BCUT2D eigenvalue weighted by atomic mass is 9.96. The molecule has 12 rings (SSSR count). The summed E-state index contributed by atoms with van der Waals surface area (Å²) >= 11 is 0. The molecule has 12 aromatic rings. The van der Waals surface area contributed by atoms with Crippen LogP contribution >= 0.6 is 0 Å². The smallest absolute Gasteiger partial charge is 0.143 e. The molecule has 0 aliphatic heterocycles. The highest BCUT2D eigenvalue weighted by Gasteiger charge is 2.18. The van der Waals surface area contributed by atoms with Crippen molar-refractivity contribution in [3.8, 4) is 22.3 Å². The molecule has 0 unspecified atom stereocenters. The van der Waals surface area contributed by atoms with Crippen molar-refractivity contribution >= 4 is 76.8 Å². The van der Waals surface area contributed by atoms with Crippen LogP contribution in [-0.4, -0.2) is 6.54 Å². The maximum absolute atomic E-state index is 6.38. The third kappa shape index (κ3) is 11.1. The number of para-hydroxylation sites is 4. The maximum Gasteiger partial charge on any atom is 0.143 e. The SMILES string of the molecule is C.C.C.C.C.C.CCCCN(c1ccccc1)c1ccccc1.Cc1cccc2c1oc1c(-c3ccccc3)cc3ccccc3c12.Cc1cccc2c1oc1c(-c3ccccc3)cc3ccccc3c12. The first-order chi connectivity index (χ1) is 32.1. The predicted octanol–water partition coefficient (Wildman–Crippen LogP) is 21.9. The van der Waals surface area contributed by atoms with Gasteiger partial charge in [-0.25, -0.2) is 0 Å². The normalized spacial score (nSPS) is 10.2. The molecule has 364 valence electrons. The van der Waals surface area contributed by atoms with Crippen LogP contribution in [0.4, 0.5) is 11.4 Å². The molecule has 0 aliphatic rings. The molecular weight excluding hydrogens is 863 g/mol. The van der Waals surface area contributed by atoms with Crippen LogP contribution in [0.2, 0.25) is 0 Å². The molecule has 3 heteroatoms. The summed E-state index contributed by atoms with van der Waals surface area (Å²) in [7, 11) is 0. The summed E-state index contributed by atoms with van der Waals surface area (Å²) in [6.45, 7) is 7.52. The molecular formula is C68H75NO2. The number of nitrogens with zero attached hydrogens (tertiary/aromatic N) is 1. The van der Waals surface area contributed by atoms with Crippen molar-refractivity contribution in [2.75, 3.05) is 11.4 Å². The minimum atomic E-state index is 0. The second-order valence-electron chi connectivity index (χ2n) is 16.7. The Bertz CT molecular complexity index is 3300. The Kier molecular flexibility index (Phi) is 19.7. The molecule has 2 aromatic heterocycles. The van der Waals surface area contributed by atoms with E-state index in [1.807, 2.05) is 12.1 Å². The van der Waals surface area contributed by atoms with Crippen LogP contribution < -0.4 is 4.90 Å². The van der Waals surface area contributed by atoms with Crippen LogP contribution in [0, 0.1) is 13.8 Å². The Morgan fingerprint density at radius 1 is 0.352 bits per heavy atom. The number of unbranched alkanes of at least 4 members (excludes halogenated alkanes) is 1. The molecule has 10 aromatic carbocycles. The summed E-state index contributed by atoms with van der Waals surface area (Å²) < 4.78 is 12.8. The van der Waals surface area contributed by atoms with Gasteiger partial charge in [-0.3, -0.25) is 0 Å². The first-order valence-electron chi connectivity index (χ1n) is 22.7. The van der Waals surface area contributed by atoms with Crippen molar-refractivity contribution in [3.63, 3.8) is 0 Å². The monoisotopic (exact) mass is 938 g/mol. The molecule has 0 N–H and O–H groups in total. The van der Waals surface area contributed by atoms with E-state index < -0.39 is 0 Å². The quantitative estimate of drug-likeness (QED) is 0.159. The van der Waals surface area contributed by atoms with Gasteiger partial charge in [0.05, 0.1) is 0 Å². The Morgan fingerprint density at radius 3 is 1.07 bits per heavy atom. The molecule has 0 saturated heterocycles. The van der Waals surface area contributed by atoms with Gasteiger partial charge in [-0.1, -0.05) is 240 Å². The number of fused-ring (bicyclic) bond motifs is 10. The fourth-order valence-electron chi connectivity index (χ4n) is 9.18. The summed E-state index contributed by atoms with van der Waals surface area (Å²) in [6.07, 6.45) is 2.43. The van der Waals surface area contributed by atoms with Gasteiger partial charge in [-0.2, -0.15) is 0 Å². The third-order valence-corrected chi connectivity index (χ3v) is 12.4. The summed E-state index contributed by atoms with van der Waals surface area (Å²) in [5.74, 6) is 0. The summed E-state index contributed by atoms with van der Waals surface area (Å²) in [5.41, 5.74) is 13.5. The molecule has 0 aliphatic carbocycles. The van der Waals surface area contributed by atoms with Crippen molar-refractivity contribution in [3.05, 3.63) is 230 Å². The zero-order valence-electron chi connectivity index (χ0n) is 37.2. The molecule has 0 spiro atoms. The molecule has 0 fully saturated rings. The number of rotatable bonds is 7. The highest BCUT2D eigenvalue weighted by Crippen LogP contribution is 2.43. The van der Waals surface area contributed by atoms with E-state index in [0.717, 1.165) is 40.0 Å². The van der Waals surface area contributed by atoms with Crippen LogP contribution in [-0.2, 0) is 0 Å². The molecule has 0 atom stereocenters. The lowest BCUT2D eigenvalue weighted by Gasteiger charge is -2.24. The van der Waals surface area contributed by atoms with Gasteiger partial charge in [0.2, 0.25) is 0 Å². The second kappa shape index (κ2) is 25.1. The number of furan rings is 2. The van der Waals surface area contributed by atoms with Gasteiger partial charge in [0.15, 0.2) is 0 Å². The van der Waals surface area contributed by atoms with Crippen LogP contribution in [0.3, 0.4) is 0 Å². The van der Waals surface area contributed by atoms with E-state index in [1.54, 1.807) is 0 Å². The zero-order chi connectivity index (χ0) is 44.1. The first kappa shape index (κ1) is 55.7. The van der Waals surface area contributed by atoms with Gasteiger partial charge < -0.3 is 13.7 Å². The average molecular weight is 938 g/mol. The van der Waals surface area contributed by atoms with E-state index in [2.05, 4.69) is 232 Å². The van der Waals surface area contributed by atoms with Gasteiger partial charge in [-0.15, -0.1) is 0 Å². The average Bonchev–Trinajstić information content (AvgIpc) is 3.97. The molecule has 0 amide bonds. The van der Waals surface area contributed by atoms with Gasteiger partial charge >= 0.3 is 0 Å². The van der Waals surface area contributed by atoms with Crippen molar-refractivity contribution in [2.24, 2.45) is 0 Å². The number of benzene rings is 10. The number of aryl methyl sites for hydroxylation is 2. The predicted molar refractivity (Wildman–Crippen MR) is 318 cm³/mol. The highest BCUT2D eigenvalue weighted by atomic mass is 16.3. The van der Waals surface area contributed by atoms with Crippen molar-refractivity contribution in [2.45, 2.75) is 78.2 Å². The summed E-state index contributed by atoms with van der Waals surface area (Å²) in [6, 6.07) is 76.5. The van der Waals surface area contributed by atoms with E-state index in [0.29, 0.717) is 0 Å². The van der Waals surface area contributed by atoms with Crippen LogP contribution in [0.15, 0.2) is 227 Å². The maximum atomic E-state index is 6.38. The minimum Gasteiger partial charge on any atom is -0.455 e. The number of anilines is 2. The Morgan fingerprint density at radius 2 is 0.690 bits per heavy atom. The summed E-state index contributed by atoms with van der Waals surface area (Å²) in [4.78, 5) is 2.38. The molecule has 2 heterocycles. The van der Waals surface area contributed by atoms with E-state index in [9.17, 15) is 0 Å². The Labute approximate surface area is 425 Å². The van der Waals surface area contributed by atoms with Gasteiger partial charge in [0, 0.05) is 50.6 Å². The molecule has 71 heavy (non-hydrogen) atoms. The van der Waals surface area contributed by atoms with Crippen molar-refractivity contribution in [1.82, 2.24) is 0 Å². The Balaban J connectivity index is 0.000000226. The first-order valence-corrected chi connectivity index (χ1v) is 22.7. The molecule has 3 nitrogen and oxygen atoms in total. The van der Waals surface area contributed by atoms with E-state index in [-0.39, 0.29) is 44.6 Å². The standard InChI is InChI=1S/2C23H16O.C16H19N.6CH4/c2*1-15-8-7-13-19-21-18-12-6-5-11-17(18)14-20(23(21)24-22(15)19)16-9-3-2-4-10-16;1-2-3-14-17(15-10-6-4-7-11-15)16-12-8-5-9-13-16;;;;;;/h2*2-14H,1H3;4-13H,2-3,14H2,1H3;6*1H4. The topological polar surface area (TPSA) is 29.5 Å². The number of hydrogen-bond donors (Lipinski definition) is 0. The molecule has 0 saturated carbocycles. The number of hydrogen-bond acceptors (Lipinski definition) is 3. The molecule has 0 bridgehead atoms. The van der Waals surface area contributed by atoms with E-state index in [1.165, 1.54) is 89.6 Å². The summed E-state index contributed by atoms with van der Waals surface area (Å²) in [5, 5.41) is 9.79. The molecule has 0 radical (unpaired) electrons. The largest absolute Gasteiger partial charge is 0.455 e. The highest BCUT2D eigenvalue weighted by molar-refractivity contribution is 6.24. The van der Waals surface area contributed by atoms with Gasteiger partial charge in [-0.05, 0) is 100 Å². The second-order valence-corrected chi connectivity index (χ2v) is 16.7. The minimum absolute atomic E-state index is 0. The van der Waals surface area contributed by atoms with Crippen LogP contribution in [0.5, 0.6) is 0 Å². The fraction of sp³-hybridized carbons (Fsp3) is 0.176. The van der Waals surface area contributed by atoms with Crippen molar-refractivity contribution < 1.29 is 8.83 Å².